The number of hydrogen-bond donors (Lipinski definition) is 2. The Hall–Kier alpha value is -0.570. The van der Waals surface area contributed by atoms with Gasteiger partial charge in [-0.05, 0) is 19.3 Å². The first kappa shape index (κ1) is 2.82. The van der Waals surface area contributed by atoms with E-state index >= 15 is 0 Å². The van der Waals surface area contributed by atoms with Gasteiger partial charge in [0.1, 0.15) is 6.04 Å². The first-order chi connectivity index (χ1) is 5.04. The lowest BCUT2D eigenvalue weighted by Crippen LogP contribution is -2.29. The van der Waals surface area contributed by atoms with Gasteiger partial charge in [0.2, 0.25) is 0 Å². The van der Waals surface area contributed by atoms with Gasteiger partial charge in [-0.3, -0.25) is 4.79 Å². The Morgan fingerprint density at radius 2 is 2.75 bits per heavy atom. The van der Waals surface area contributed by atoms with Gasteiger partial charge in [0.25, 0.3) is 0 Å². The molecule has 0 aromatic heterocycles. The van der Waals surface area contributed by atoms with E-state index in [-0.39, 0.29) is 0 Å². The fraction of sp³-hybridized carbons (Fsp3) is 0.800. The molecule has 3 heteroatoms. The van der Waals surface area contributed by atoms with Crippen molar-refractivity contribution >= 4 is 5.97 Å². The lowest BCUT2D eigenvalue weighted by molar-refractivity contribution is -0.139. The molecule has 0 amide bonds. The van der Waals surface area contributed by atoms with Gasteiger partial charge >= 0.3 is 5.97 Å². The van der Waals surface area contributed by atoms with Gasteiger partial charge in [-0.25, -0.2) is 0 Å². The van der Waals surface area contributed by atoms with Crippen molar-refractivity contribution in [3.63, 3.8) is 0 Å². The second-order valence-corrected chi connectivity index (χ2v) is 1.53. The molecule has 1 heterocycles. The summed E-state index contributed by atoms with van der Waals surface area (Å²) in [6.45, 7) is -0.946. The number of aliphatic carboxylic acids is 1. The smallest absolute Gasteiger partial charge is 0.320 e. The molecule has 8 heavy (non-hydrogen) atoms. The first-order valence-corrected chi connectivity index (χ1v) is 2.29. The fourth-order valence-corrected chi connectivity index (χ4v) is 0.535. The van der Waals surface area contributed by atoms with Crippen molar-refractivity contribution in [2.24, 2.45) is 0 Å². The van der Waals surface area contributed by atoms with E-state index in [1.54, 1.807) is 0 Å². The van der Waals surface area contributed by atoms with Crippen LogP contribution in [0.5, 0.6) is 0 Å². The highest BCUT2D eigenvalue weighted by molar-refractivity contribution is 5.73. The zero-order valence-electron chi connectivity index (χ0n) is 7.16. The highest BCUT2D eigenvalue weighted by Crippen LogP contribution is 2.03. The number of carbonyl (C=O) groups is 1. The van der Waals surface area contributed by atoms with E-state index in [1.807, 2.05) is 0 Å². The third-order valence-corrected chi connectivity index (χ3v) is 0.942. The molecule has 0 radical (unpaired) electrons. The van der Waals surface area contributed by atoms with Crippen LogP contribution in [-0.4, -0.2) is 23.6 Å². The normalized spacial score (nSPS) is 61.2. The van der Waals surface area contributed by atoms with Crippen LogP contribution in [0.25, 0.3) is 0 Å². The molecule has 46 valence electrons. The molecule has 4 atom stereocenters. The van der Waals surface area contributed by atoms with Gasteiger partial charge in [-0.1, -0.05) is 0 Å². The van der Waals surface area contributed by atoms with Crippen LogP contribution in [0.15, 0.2) is 0 Å². The van der Waals surface area contributed by atoms with E-state index in [1.165, 1.54) is 0 Å². The minimum Gasteiger partial charge on any atom is -0.480 e. The second-order valence-electron chi connectivity index (χ2n) is 1.53. The maximum Gasteiger partial charge on any atom is 0.320 e. The second kappa shape index (κ2) is 2.13. The Kier molecular flexibility index (Phi) is 0.753. The van der Waals surface area contributed by atoms with Crippen LogP contribution in [0.3, 0.4) is 0 Å². The lowest BCUT2D eigenvalue weighted by atomic mass is 10.2. The van der Waals surface area contributed by atoms with Crippen LogP contribution in [0.4, 0.5) is 0 Å². The summed E-state index contributed by atoms with van der Waals surface area (Å²) in [5.41, 5.74) is 0. The Bertz CT molecular complexity index is 177. The largest absolute Gasteiger partial charge is 0.480 e. The van der Waals surface area contributed by atoms with E-state index < -0.39 is 31.3 Å². The van der Waals surface area contributed by atoms with Crippen LogP contribution in [0, 0.1) is 0 Å². The van der Waals surface area contributed by atoms with Crippen molar-refractivity contribution in [2.45, 2.75) is 18.8 Å². The number of nitrogens with one attached hydrogen (secondary N) is 1. The van der Waals surface area contributed by atoms with Gasteiger partial charge in [0.15, 0.2) is 0 Å². The highest BCUT2D eigenvalue weighted by Gasteiger charge is 2.20. The molecule has 1 aliphatic rings. The lowest BCUT2D eigenvalue weighted by Gasteiger charge is -1.99. The molecule has 0 saturated carbocycles. The van der Waals surface area contributed by atoms with Crippen molar-refractivity contribution in [3.8, 4) is 0 Å². The minimum atomic E-state index is -1.16. The summed E-state index contributed by atoms with van der Waals surface area (Å²) >= 11 is 0. The molecule has 3 nitrogen and oxygen atoms in total. The molecule has 0 aromatic carbocycles. The van der Waals surface area contributed by atoms with Gasteiger partial charge in [-0.15, -0.1) is 0 Å². The van der Waals surface area contributed by atoms with Crippen molar-refractivity contribution < 1.29 is 14.0 Å². The van der Waals surface area contributed by atoms with Crippen LogP contribution in [0.2, 0.25) is 0 Å². The van der Waals surface area contributed by atoms with Crippen LogP contribution in [-0.2, 0) is 4.79 Å². The van der Waals surface area contributed by atoms with Crippen LogP contribution in [0.1, 0.15) is 16.9 Å². The molecule has 1 fully saturated rings. The monoisotopic (exact) mass is 118 g/mol. The van der Waals surface area contributed by atoms with Crippen molar-refractivity contribution in [3.05, 3.63) is 0 Å². The predicted octanol–water partition coefficient (Wildman–Crippen LogP) is -0.177. The molecular formula is C5H9NO2. The predicted molar refractivity (Wildman–Crippen MR) is 28.7 cm³/mol. The Balaban J connectivity index is 2.67. The molecule has 0 spiro atoms. The standard InChI is InChI=1S/C5H9NO2/c7-5(8)4-2-1-3-6-4/h4,6H,1-3H2,(H,7,8)/t4-/m0/s1/i1D,2D,3D/t1-,2+,3-,4+/m1. The molecule has 2 N–H and O–H groups in total. The quantitative estimate of drug-likeness (QED) is 0.502. The number of rotatable bonds is 1. The molecular weight excluding hydrogens is 106 g/mol. The molecule has 1 saturated heterocycles. The Labute approximate surface area is 51.9 Å². The van der Waals surface area contributed by atoms with Crippen molar-refractivity contribution in [2.75, 3.05) is 6.52 Å². The molecule has 0 bridgehead atoms. The van der Waals surface area contributed by atoms with E-state index in [0.29, 0.717) is 0 Å². The molecule has 0 aliphatic carbocycles. The first-order valence-electron chi connectivity index (χ1n) is 4.03. The van der Waals surface area contributed by atoms with E-state index in [0.717, 1.165) is 0 Å². The Morgan fingerprint density at radius 3 is 3.00 bits per heavy atom. The highest BCUT2D eigenvalue weighted by atomic mass is 16.4. The summed E-state index contributed by atoms with van der Waals surface area (Å²) in [6, 6.07) is -1.06. The van der Waals surface area contributed by atoms with Gasteiger partial charge in [0.05, 0.1) is 0 Å². The third kappa shape index (κ3) is 0.980. The van der Waals surface area contributed by atoms with Gasteiger partial charge in [-0.2, -0.15) is 0 Å². The zero-order chi connectivity index (χ0) is 8.59. The summed E-state index contributed by atoms with van der Waals surface area (Å²) in [5.74, 6) is -1.16. The summed E-state index contributed by atoms with van der Waals surface area (Å²) in [6.07, 6.45) is -1.99. The summed E-state index contributed by atoms with van der Waals surface area (Å²) < 4.78 is 21.5. The molecule has 0 aromatic rings. The zero-order valence-corrected chi connectivity index (χ0v) is 4.16. The van der Waals surface area contributed by atoms with E-state index in [9.17, 15) is 4.79 Å². The average Bonchev–Trinajstić information content (AvgIpc) is 2.17. The summed E-state index contributed by atoms with van der Waals surface area (Å²) in [4.78, 5) is 10.4. The van der Waals surface area contributed by atoms with Crippen molar-refractivity contribution in [1.29, 1.82) is 0 Å². The van der Waals surface area contributed by atoms with Crippen LogP contribution < -0.4 is 5.32 Å². The maximum absolute atomic E-state index is 10.4. The topological polar surface area (TPSA) is 49.3 Å². The average molecular weight is 118 g/mol. The van der Waals surface area contributed by atoms with Gasteiger partial charge in [0, 0.05) is 4.11 Å². The molecule has 1 aliphatic heterocycles. The van der Waals surface area contributed by atoms with Crippen LogP contribution >= 0.6 is 0 Å². The molecule has 1 rings (SSSR count). The summed E-state index contributed by atoms with van der Waals surface area (Å²) in [5, 5.41) is 10.8. The number of hydrogen-bond acceptors (Lipinski definition) is 2. The van der Waals surface area contributed by atoms with Gasteiger partial charge < -0.3 is 10.4 Å². The summed E-state index contributed by atoms with van der Waals surface area (Å²) in [7, 11) is 0. The minimum absolute atomic E-state index is 0.946. The van der Waals surface area contributed by atoms with Crippen molar-refractivity contribution in [1.82, 2.24) is 5.32 Å². The van der Waals surface area contributed by atoms with E-state index in [2.05, 4.69) is 5.32 Å². The number of carboxylic acid groups (broad SMARTS) is 1. The molecule has 0 unspecified atom stereocenters. The number of carboxylic acids is 1. The maximum atomic E-state index is 10.4. The third-order valence-electron chi connectivity index (χ3n) is 0.942. The Morgan fingerprint density at radius 1 is 2.00 bits per heavy atom. The SMILES string of the molecule is [2H][C@@H]1[C@H]([2H])[C@@H](C(=O)O)N[C@@H]1[2H]. The van der Waals surface area contributed by atoms with E-state index in [4.69, 9.17) is 9.22 Å². The fourth-order valence-electron chi connectivity index (χ4n) is 0.535.